The van der Waals surface area contributed by atoms with E-state index in [4.69, 9.17) is 13.9 Å². The lowest BCUT2D eigenvalue weighted by Crippen LogP contribution is -2.31. The van der Waals surface area contributed by atoms with Crippen molar-refractivity contribution in [3.8, 4) is 11.5 Å². The summed E-state index contributed by atoms with van der Waals surface area (Å²) in [6.07, 6.45) is 1.13. The van der Waals surface area contributed by atoms with Crippen LogP contribution in [0.2, 0.25) is 0 Å². The fourth-order valence-corrected chi connectivity index (χ4v) is 3.74. The number of furan rings is 1. The molecule has 8 heteroatoms. The number of fused-ring (bicyclic) bond motifs is 1. The lowest BCUT2D eigenvalue weighted by molar-refractivity contribution is 0.0743. The molecule has 0 radical (unpaired) electrons. The Morgan fingerprint density at radius 3 is 2.38 bits per heavy atom. The molecule has 7 nitrogen and oxygen atoms in total. The van der Waals surface area contributed by atoms with Crippen molar-refractivity contribution >= 4 is 26.7 Å². The summed E-state index contributed by atoms with van der Waals surface area (Å²) in [7, 11) is -0.133. The van der Waals surface area contributed by atoms with Crippen molar-refractivity contribution in [3.63, 3.8) is 0 Å². The van der Waals surface area contributed by atoms with E-state index in [0.29, 0.717) is 28.8 Å². The molecule has 0 aliphatic carbocycles. The molecule has 0 fully saturated rings. The van der Waals surface area contributed by atoms with Crippen molar-refractivity contribution in [3.05, 3.63) is 59.9 Å². The molecular formula is C21H23NO6S. The van der Waals surface area contributed by atoms with Gasteiger partial charge in [-0.15, -0.1) is 0 Å². The number of hydrogen-bond donors (Lipinski definition) is 0. The van der Waals surface area contributed by atoms with E-state index >= 15 is 0 Å². The Balaban J connectivity index is 1.73. The summed E-state index contributed by atoms with van der Waals surface area (Å²) in [5.41, 5.74) is 0.869. The summed E-state index contributed by atoms with van der Waals surface area (Å²) in [4.78, 5) is 14.4. The van der Waals surface area contributed by atoms with Crippen LogP contribution in [0, 0.1) is 0 Å². The van der Waals surface area contributed by atoms with Crippen LogP contribution in [0.25, 0.3) is 11.0 Å². The Morgan fingerprint density at radius 1 is 1.07 bits per heavy atom. The molecule has 0 atom stereocenters. The molecule has 0 spiro atoms. The van der Waals surface area contributed by atoms with Crippen LogP contribution in [-0.4, -0.2) is 52.8 Å². The highest BCUT2D eigenvalue weighted by Crippen LogP contribution is 2.28. The Hall–Kier alpha value is -3.00. The Kier molecular flexibility index (Phi) is 6.12. The van der Waals surface area contributed by atoms with Crippen LogP contribution in [0.4, 0.5) is 0 Å². The van der Waals surface area contributed by atoms with E-state index in [9.17, 15) is 13.2 Å². The normalized spacial score (nSPS) is 11.4. The van der Waals surface area contributed by atoms with Crippen LogP contribution in [0.3, 0.4) is 0 Å². The molecule has 1 heterocycles. The van der Waals surface area contributed by atoms with Gasteiger partial charge in [-0.3, -0.25) is 4.79 Å². The van der Waals surface area contributed by atoms with Gasteiger partial charge in [0.25, 0.3) is 5.91 Å². The van der Waals surface area contributed by atoms with E-state index < -0.39 is 15.7 Å². The first-order valence-corrected chi connectivity index (χ1v) is 11.0. The number of amides is 1. The second-order valence-corrected chi connectivity index (χ2v) is 8.87. The summed E-state index contributed by atoms with van der Waals surface area (Å²) in [5.74, 6) is 0.782. The van der Waals surface area contributed by atoms with Crippen molar-refractivity contribution < 1.29 is 27.1 Å². The third-order valence-electron chi connectivity index (χ3n) is 4.40. The summed E-state index contributed by atoms with van der Waals surface area (Å²) >= 11 is 0. The minimum Gasteiger partial charge on any atom is -0.497 e. The molecule has 0 saturated carbocycles. The zero-order chi connectivity index (χ0) is 21.0. The maximum atomic E-state index is 12.9. The first kappa shape index (κ1) is 20.7. The number of likely N-dealkylation sites (N-methyl/N-ethyl adjacent to an activating group) is 1. The van der Waals surface area contributed by atoms with Crippen LogP contribution >= 0.6 is 0 Å². The lowest BCUT2D eigenvalue weighted by Gasteiger charge is -2.17. The number of ether oxygens (including phenoxy) is 2. The van der Waals surface area contributed by atoms with Gasteiger partial charge in [-0.05, 0) is 30.3 Å². The second-order valence-electron chi connectivity index (χ2n) is 6.73. The zero-order valence-electron chi connectivity index (χ0n) is 16.5. The number of rotatable bonds is 8. The van der Waals surface area contributed by atoms with Gasteiger partial charge in [0, 0.05) is 24.3 Å². The molecule has 0 aliphatic rings. The molecule has 2 aromatic carbocycles. The Morgan fingerprint density at radius 2 is 1.72 bits per heavy atom. The molecule has 3 rings (SSSR count). The van der Waals surface area contributed by atoms with Crippen LogP contribution in [-0.2, 0) is 15.6 Å². The Labute approximate surface area is 169 Å². The molecule has 29 heavy (non-hydrogen) atoms. The molecule has 0 unspecified atom stereocenters. The number of carbonyl (C=O) groups excluding carboxylic acids is 1. The van der Waals surface area contributed by atoms with Crippen molar-refractivity contribution in [2.45, 2.75) is 5.75 Å². The topological polar surface area (TPSA) is 86.1 Å². The van der Waals surface area contributed by atoms with E-state index in [2.05, 4.69) is 0 Å². The fraction of sp³-hybridized carbons (Fsp3) is 0.286. The van der Waals surface area contributed by atoms with Gasteiger partial charge in [-0.2, -0.15) is 0 Å². The molecule has 0 saturated heterocycles. The van der Waals surface area contributed by atoms with Crippen molar-refractivity contribution in [2.24, 2.45) is 0 Å². The fourth-order valence-electron chi connectivity index (χ4n) is 2.92. The van der Waals surface area contributed by atoms with Gasteiger partial charge in [0.15, 0.2) is 15.6 Å². The number of sulfone groups is 1. The standard InChI is InChI=1S/C21H23NO6S/c1-22(12-13-27-16-10-8-15(26-2)9-11-16)21(23)20-18(14-29(3,24)25)17-6-4-5-7-19(17)28-20/h4-11H,12-14H2,1-3H3. The molecule has 0 N–H and O–H groups in total. The van der Waals surface area contributed by atoms with Crippen molar-refractivity contribution in [1.82, 2.24) is 4.90 Å². The number of carbonyl (C=O) groups is 1. The number of benzene rings is 2. The van der Waals surface area contributed by atoms with E-state index in [0.717, 1.165) is 12.0 Å². The van der Waals surface area contributed by atoms with Gasteiger partial charge in [-0.1, -0.05) is 18.2 Å². The van der Waals surface area contributed by atoms with Gasteiger partial charge in [0.05, 0.1) is 19.4 Å². The molecule has 154 valence electrons. The number of para-hydroxylation sites is 1. The van der Waals surface area contributed by atoms with Crippen molar-refractivity contribution in [2.75, 3.05) is 33.6 Å². The minimum atomic E-state index is -3.34. The van der Waals surface area contributed by atoms with Gasteiger partial charge in [0.1, 0.15) is 23.7 Å². The second kappa shape index (κ2) is 8.57. The average Bonchev–Trinajstić information content (AvgIpc) is 3.04. The van der Waals surface area contributed by atoms with E-state index in [1.54, 1.807) is 62.7 Å². The summed E-state index contributed by atoms with van der Waals surface area (Å²) in [6.45, 7) is 0.580. The predicted molar refractivity (Wildman–Crippen MR) is 110 cm³/mol. The number of methoxy groups -OCH3 is 1. The summed E-state index contributed by atoms with van der Waals surface area (Å²) in [6, 6.07) is 14.2. The third-order valence-corrected chi connectivity index (χ3v) is 5.21. The van der Waals surface area contributed by atoms with Crippen LogP contribution in [0.5, 0.6) is 11.5 Å². The maximum absolute atomic E-state index is 12.9. The number of nitrogens with zero attached hydrogens (tertiary/aromatic N) is 1. The first-order chi connectivity index (χ1) is 13.8. The quantitative estimate of drug-likeness (QED) is 0.560. The molecule has 3 aromatic rings. The third kappa shape index (κ3) is 5.08. The monoisotopic (exact) mass is 417 g/mol. The number of hydrogen-bond acceptors (Lipinski definition) is 6. The molecular weight excluding hydrogens is 394 g/mol. The van der Waals surface area contributed by atoms with Gasteiger partial charge < -0.3 is 18.8 Å². The summed E-state index contributed by atoms with van der Waals surface area (Å²) in [5, 5.41) is 0.629. The highest BCUT2D eigenvalue weighted by Gasteiger charge is 2.25. The van der Waals surface area contributed by atoms with E-state index in [1.165, 1.54) is 4.90 Å². The molecule has 0 bridgehead atoms. The lowest BCUT2D eigenvalue weighted by atomic mass is 10.1. The minimum absolute atomic E-state index is 0.0450. The maximum Gasteiger partial charge on any atom is 0.289 e. The van der Waals surface area contributed by atoms with Gasteiger partial charge in [-0.25, -0.2) is 8.42 Å². The smallest absolute Gasteiger partial charge is 0.289 e. The van der Waals surface area contributed by atoms with E-state index in [1.807, 2.05) is 0 Å². The zero-order valence-corrected chi connectivity index (χ0v) is 17.4. The van der Waals surface area contributed by atoms with Crippen molar-refractivity contribution in [1.29, 1.82) is 0 Å². The van der Waals surface area contributed by atoms with E-state index in [-0.39, 0.29) is 18.1 Å². The highest BCUT2D eigenvalue weighted by molar-refractivity contribution is 7.89. The first-order valence-electron chi connectivity index (χ1n) is 8.99. The molecule has 1 aromatic heterocycles. The van der Waals surface area contributed by atoms with Gasteiger partial charge >= 0.3 is 0 Å². The Bertz CT molecular complexity index is 1100. The average molecular weight is 417 g/mol. The highest BCUT2D eigenvalue weighted by atomic mass is 32.2. The molecule has 1 amide bonds. The largest absolute Gasteiger partial charge is 0.497 e. The van der Waals surface area contributed by atoms with Crippen LogP contribution < -0.4 is 9.47 Å². The SMILES string of the molecule is COc1ccc(OCCN(C)C(=O)c2oc3ccccc3c2CS(C)(=O)=O)cc1. The predicted octanol–water partition coefficient (Wildman–Crippen LogP) is 3.14. The summed E-state index contributed by atoms with van der Waals surface area (Å²) < 4.78 is 40.2. The van der Waals surface area contributed by atoms with Crippen LogP contribution in [0.1, 0.15) is 16.1 Å². The molecule has 0 aliphatic heterocycles. The van der Waals surface area contributed by atoms with Crippen LogP contribution in [0.15, 0.2) is 52.9 Å². The van der Waals surface area contributed by atoms with Gasteiger partial charge in [0.2, 0.25) is 0 Å².